The standard InChI is InChI=1S/C14H22N2O3/c1-10(2)16-7-4-5-12(16)13(17)15-9-14(18)6-8-19-11(14)3/h4-5,7,10-11,18H,6,8-9H2,1-3H3,(H,15,17). The van der Waals surface area contributed by atoms with E-state index >= 15 is 0 Å². The quantitative estimate of drug-likeness (QED) is 0.864. The number of rotatable bonds is 4. The van der Waals surface area contributed by atoms with Gasteiger partial charge >= 0.3 is 0 Å². The molecular formula is C14H22N2O3. The predicted molar refractivity (Wildman–Crippen MR) is 72.1 cm³/mol. The van der Waals surface area contributed by atoms with Crippen molar-refractivity contribution >= 4 is 5.91 Å². The number of aromatic nitrogens is 1. The lowest BCUT2D eigenvalue weighted by Crippen LogP contribution is -2.47. The molecule has 106 valence electrons. The molecule has 0 bridgehead atoms. The maximum Gasteiger partial charge on any atom is 0.268 e. The highest BCUT2D eigenvalue weighted by Gasteiger charge is 2.39. The first kappa shape index (κ1) is 14.1. The highest BCUT2D eigenvalue weighted by atomic mass is 16.5. The maximum atomic E-state index is 12.2. The first-order valence-corrected chi connectivity index (χ1v) is 6.73. The summed E-state index contributed by atoms with van der Waals surface area (Å²) in [6.07, 6.45) is 2.19. The van der Waals surface area contributed by atoms with Crippen molar-refractivity contribution in [1.29, 1.82) is 0 Å². The molecule has 0 spiro atoms. The molecule has 1 amide bonds. The van der Waals surface area contributed by atoms with Crippen LogP contribution >= 0.6 is 0 Å². The van der Waals surface area contributed by atoms with Crippen LogP contribution in [0.15, 0.2) is 18.3 Å². The minimum Gasteiger partial charge on any atom is -0.385 e. The summed E-state index contributed by atoms with van der Waals surface area (Å²) in [5.41, 5.74) is -0.338. The lowest BCUT2D eigenvalue weighted by Gasteiger charge is -2.26. The van der Waals surface area contributed by atoms with Crippen molar-refractivity contribution in [2.45, 2.75) is 44.9 Å². The van der Waals surface area contributed by atoms with Crippen LogP contribution in [0.4, 0.5) is 0 Å². The van der Waals surface area contributed by atoms with E-state index in [-0.39, 0.29) is 24.6 Å². The van der Waals surface area contributed by atoms with Crippen LogP contribution in [0.3, 0.4) is 0 Å². The average Bonchev–Trinajstić information content (AvgIpc) is 2.95. The van der Waals surface area contributed by atoms with Crippen LogP contribution in [0.1, 0.15) is 43.7 Å². The van der Waals surface area contributed by atoms with E-state index in [4.69, 9.17) is 4.74 Å². The van der Waals surface area contributed by atoms with Gasteiger partial charge in [-0.05, 0) is 32.9 Å². The van der Waals surface area contributed by atoms with E-state index in [1.54, 1.807) is 6.07 Å². The van der Waals surface area contributed by atoms with Crippen molar-refractivity contribution in [3.05, 3.63) is 24.0 Å². The first-order chi connectivity index (χ1) is 8.94. The summed E-state index contributed by atoms with van der Waals surface area (Å²) in [6.45, 7) is 6.64. The van der Waals surface area contributed by atoms with Gasteiger partial charge < -0.3 is 19.7 Å². The molecule has 19 heavy (non-hydrogen) atoms. The summed E-state index contributed by atoms with van der Waals surface area (Å²) >= 11 is 0. The molecule has 1 aromatic heterocycles. The van der Waals surface area contributed by atoms with Gasteiger partial charge in [-0.2, -0.15) is 0 Å². The fourth-order valence-electron chi connectivity index (χ4n) is 2.36. The maximum absolute atomic E-state index is 12.2. The molecule has 1 aliphatic rings. The number of ether oxygens (including phenoxy) is 1. The Morgan fingerprint density at radius 1 is 1.68 bits per heavy atom. The van der Waals surface area contributed by atoms with Gasteiger partial charge in [0.05, 0.1) is 6.10 Å². The molecule has 5 heteroatoms. The van der Waals surface area contributed by atoms with Crippen LogP contribution in [0.25, 0.3) is 0 Å². The summed E-state index contributed by atoms with van der Waals surface area (Å²) in [4.78, 5) is 12.2. The highest BCUT2D eigenvalue weighted by molar-refractivity contribution is 5.92. The van der Waals surface area contributed by atoms with Crippen LogP contribution < -0.4 is 5.32 Å². The molecule has 1 aliphatic heterocycles. The largest absolute Gasteiger partial charge is 0.385 e. The summed E-state index contributed by atoms with van der Waals surface area (Å²) in [5, 5.41) is 13.1. The second-order valence-corrected chi connectivity index (χ2v) is 5.44. The third-order valence-electron chi connectivity index (χ3n) is 3.78. The van der Waals surface area contributed by atoms with Gasteiger partial charge in [-0.25, -0.2) is 0 Å². The Kier molecular flexibility index (Phi) is 3.96. The van der Waals surface area contributed by atoms with E-state index < -0.39 is 5.60 Å². The predicted octanol–water partition coefficient (Wildman–Crippen LogP) is 1.34. The Balaban J connectivity index is 2.00. The molecule has 1 fully saturated rings. The number of carbonyl (C=O) groups excluding carboxylic acids is 1. The van der Waals surface area contributed by atoms with Gasteiger partial charge in [0.1, 0.15) is 11.3 Å². The molecule has 0 aromatic carbocycles. The fourth-order valence-corrected chi connectivity index (χ4v) is 2.36. The van der Waals surface area contributed by atoms with E-state index in [0.29, 0.717) is 18.7 Å². The molecule has 0 aliphatic carbocycles. The van der Waals surface area contributed by atoms with Crippen molar-refractivity contribution < 1.29 is 14.6 Å². The van der Waals surface area contributed by atoms with E-state index in [9.17, 15) is 9.90 Å². The molecule has 2 atom stereocenters. The summed E-state index contributed by atoms with van der Waals surface area (Å²) < 4.78 is 7.26. The molecule has 0 saturated carbocycles. The molecular weight excluding hydrogens is 244 g/mol. The zero-order valence-corrected chi connectivity index (χ0v) is 11.7. The number of nitrogens with zero attached hydrogens (tertiary/aromatic N) is 1. The molecule has 1 aromatic rings. The van der Waals surface area contributed by atoms with Crippen molar-refractivity contribution in [3.63, 3.8) is 0 Å². The Labute approximate surface area is 113 Å². The minimum absolute atomic E-state index is 0.161. The Morgan fingerprint density at radius 2 is 2.42 bits per heavy atom. The lowest BCUT2D eigenvalue weighted by molar-refractivity contribution is -0.0252. The first-order valence-electron chi connectivity index (χ1n) is 6.73. The number of hydrogen-bond donors (Lipinski definition) is 2. The highest BCUT2D eigenvalue weighted by Crippen LogP contribution is 2.24. The Hall–Kier alpha value is -1.33. The number of aliphatic hydroxyl groups is 1. The van der Waals surface area contributed by atoms with Gasteiger partial charge in [0.25, 0.3) is 5.91 Å². The molecule has 2 heterocycles. The Morgan fingerprint density at radius 3 is 3.00 bits per heavy atom. The average molecular weight is 266 g/mol. The molecule has 2 N–H and O–H groups in total. The topological polar surface area (TPSA) is 63.5 Å². The smallest absolute Gasteiger partial charge is 0.268 e. The van der Waals surface area contributed by atoms with Crippen molar-refractivity contribution in [2.75, 3.05) is 13.2 Å². The van der Waals surface area contributed by atoms with Crippen LogP contribution in [0.5, 0.6) is 0 Å². The second-order valence-electron chi connectivity index (χ2n) is 5.44. The lowest BCUT2D eigenvalue weighted by atomic mass is 9.97. The third-order valence-corrected chi connectivity index (χ3v) is 3.78. The van der Waals surface area contributed by atoms with E-state index in [2.05, 4.69) is 5.32 Å². The molecule has 5 nitrogen and oxygen atoms in total. The second kappa shape index (κ2) is 5.35. The van der Waals surface area contributed by atoms with Crippen LogP contribution in [-0.2, 0) is 4.74 Å². The van der Waals surface area contributed by atoms with Gasteiger partial charge in [0, 0.05) is 31.8 Å². The monoisotopic (exact) mass is 266 g/mol. The zero-order chi connectivity index (χ0) is 14.0. The normalized spacial score (nSPS) is 26.9. The molecule has 1 saturated heterocycles. The van der Waals surface area contributed by atoms with Gasteiger partial charge in [-0.3, -0.25) is 4.79 Å². The van der Waals surface area contributed by atoms with Gasteiger partial charge in [0.2, 0.25) is 0 Å². The van der Waals surface area contributed by atoms with Crippen molar-refractivity contribution in [2.24, 2.45) is 0 Å². The van der Waals surface area contributed by atoms with Crippen LogP contribution in [-0.4, -0.2) is 40.4 Å². The number of carbonyl (C=O) groups is 1. The van der Waals surface area contributed by atoms with Gasteiger partial charge in [-0.15, -0.1) is 0 Å². The van der Waals surface area contributed by atoms with E-state index in [0.717, 1.165) is 0 Å². The minimum atomic E-state index is -0.953. The Bertz CT molecular complexity index is 455. The van der Waals surface area contributed by atoms with Crippen molar-refractivity contribution in [3.8, 4) is 0 Å². The third kappa shape index (κ3) is 2.82. The molecule has 2 rings (SSSR count). The van der Waals surface area contributed by atoms with Crippen molar-refractivity contribution in [1.82, 2.24) is 9.88 Å². The summed E-state index contributed by atoms with van der Waals surface area (Å²) in [7, 11) is 0. The SMILES string of the molecule is CC(C)n1cccc1C(=O)NCC1(O)CCOC1C. The molecule has 0 radical (unpaired) electrons. The number of amides is 1. The summed E-state index contributed by atoms with van der Waals surface area (Å²) in [5.74, 6) is -0.161. The number of hydrogen-bond acceptors (Lipinski definition) is 3. The van der Waals surface area contributed by atoms with Crippen LogP contribution in [0, 0.1) is 0 Å². The fraction of sp³-hybridized carbons (Fsp3) is 0.643. The van der Waals surface area contributed by atoms with E-state index in [1.165, 1.54) is 0 Å². The van der Waals surface area contributed by atoms with Gasteiger partial charge in [-0.1, -0.05) is 0 Å². The molecule has 2 unspecified atom stereocenters. The zero-order valence-electron chi connectivity index (χ0n) is 11.7. The number of nitrogens with one attached hydrogen (secondary N) is 1. The van der Waals surface area contributed by atoms with E-state index in [1.807, 2.05) is 37.6 Å². The van der Waals surface area contributed by atoms with Gasteiger partial charge in [0.15, 0.2) is 0 Å². The summed E-state index contributed by atoms with van der Waals surface area (Å²) in [6, 6.07) is 3.87. The van der Waals surface area contributed by atoms with Crippen LogP contribution in [0.2, 0.25) is 0 Å².